The maximum Gasteiger partial charge on any atom is 0.266 e. The maximum absolute atomic E-state index is 13.3. The number of carbonyl (C=O) groups excluding carboxylic acids is 2. The number of phenolic OH excluding ortho intramolecular Hbond substituents is 2. The molecule has 0 radical (unpaired) electrons. The highest BCUT2D eigenvalue weighted by Gasteiger charge is 2.33. The van der Waals surface area contributed by atoms with Gasteiger partial charge in [0, 0.05) is 6.54 Å². The molecule has 0 spiro atoms. The Hall–Kier alpha value is -2.91. The second-order valence-electron chi connectivity index (χ2n) is 6.25. The molecule has 2 aromatic rings. The van der Waals surface area contributed by atoms with Crippen molar-refractivity contribution >= 4 is 46.2 Å². The van der Waals surface area contributed by atoms with E-state index in [2.05, 4.69) is 5.32 Å². The summed E-state index contributed by atoms with van der Waals surface area (Å²) in [7, 11) is 0. The van der Waals surface area contributed by atoms with Gasteiger partial charge in [-0.25, -0.2) is 4.39 Å². The molecular formula is C20H17FN2O4S2. The summed E-state index contributed by atoms with van der Waals surface area (Å²) in [6.07, 6.45) is 1.98. The van der Waals surface area contributed by atoms with Crippen LogP contribution in [0.5, 0.6) is 11.5 Å². The van der Waals surface area contributed by atoms with Crippen molar-refractivity contribution in [2.75, 3.05) is 13.1 Å². The molecule has 0 bridgehead atoms. The number of phenols is 2. The van der Waals surface area contributed by atoms with Crippen molar-refractivity contribution < 1.29 is 24.2 Å². The number of aromatic hydroxyl groups is 2. The number of thiocarbonyl (C=S) groups is 1. The summed E-state index contributed by atoms with van der Waals surface area (Å²) in [5.74, 6) is -1.62. The van der Waals surface area contributed by atoms with E-state index in [1.807, 2.05) is 0 Å². The van der Waals surface area contributed by atoms with E-state index in [0.717, 1.165) is 17.3 Å². The fourth-order valence-electron chi connectivity index (χ4n) is 2.65. The van der Waals surface area contributed by atoms with Crippen LogP contribution in [0.2, 0.25) is 0 Å². The molecule has 0 saturated carbocycles. The molecule has 2 amide bonds. The number of hydrogen-bond acceptors (Lipinski definition) is 6. The zero-order valence-corrected chi connectivity index (χ0v) is 16.7. The Balaban J connectivity index is 1.55. The van der Waals surface area contributed by atoms with E-state index < -0.39 is 11.7 Å². The van der Waals surface area contributed by atoms with Crippen LogP contribution in [0.25, 0.3) is 6.08 Å². The molecule has 3 rings (SSSR count). The lowest BCUT2D eigenvalue weighted by Gasteiger charge is -2.14. The van der Waals surface area contributed by atoms with Gasteiger partial charge in [-0.2, -0.15) is 0 Å². The smallest absolute Gasteiger partial charge is 0.266 e. The third kappa shape index (κ3) is 5.33. The summed E-state index contributed by atoms with van der Waals surface area (Å²) in [5, 5.41) is 21.5. The first-order chi connectivity index (χ1) is 13.8. The van der Waals surface area contributed by atoms with Gasteiger partial charge in [0.05, 0.1) is 4.91 Å². The van der Waals surface area contributed by atoms with Gasteiger partial charge >= 0.3 is 0 Å². The van der Waals surface area contributed by atoms with Gasteiger partial charge in [0.2, 0.25) is 5.91 Å². The van der Waals surface area contributed by atoms with E-state index in [1.165, 1.54) is 35.2 Å². The second-order valence-corrected chi connectivity index (χ2v) is 7.92. The lowest BCUT2D eigenvalue weighted by atomic mass is 10.1. The number of hydrogen-bond donors (Lipinski definition) is 3. The molecule has 1 fully saturated rings. The lowest BCUT2D eigenvalue weighted by Crippen LogP contribution is -2.40. The minimum atomic E-state index is -0.407. The predicted octanol–water partition coefficient (Wildman–Crippen LogP) is 2.80. The number of nitrogens with one attached hydrogen (secondary N) is 1. The average Bonchev–Trinajstić information content (AvgIpc) is 2.92. The van der Waals surface area contributed by atoms with Crippen molar-refractivity contribution in [3.63, 3.8) is 0 Å². The number of nitrogens with zero attached hydrogens (tertiary/aromatic N) is 1. The van der Waals surface area contributed by atoms with E-state index in [4.69, 9.17) is 12.2 Å². The van der Waals surface area contributed by atoms with Crippen molar-refractivity contribution in [1.29, 1.82) is 0 Å². The van der Waals surface area contributed by atoms with Crippen LogP contribution in [-0.4, -0.2) is 44.3 Å². The van der Waals surface area contributed by atoms with Crippen LogP contribution in [0.4, 0.5) is 4.39 Å². The van der Waals surface area contributed by atoms with Crippen molar-refractivity contribution in [3.8, 4) is 11.5 Å². The number of amides is 2. The number of benzene rings is 2. The number of halogens is 1. The Labute approximate surface area is 176 Å². The van der Waals surface area contributed by atoms with Crippen LogP contribution in [0.1, 0.15) is 11.1 Å². The number of thioether (sulfide) groups is 1. The van der Waals surface area contributed by atoms with Crippen LogP contribution < -0.4 is 5.32 Å². The summed E-state index contributed by atoms with van der Waals surface area (Å²) in [6, 6.07) is 10.3. The molecular weight excluding hydrogens is 415 g/mol. The first-order valence-corrected chi connectivity index (χ1v) is 9.84. The standard InChI is InChI=1S/C20H17FN2O4S2/c21-14-3-1-2-13(8-14)10-17-19(27)23(20(28)29-17)11-18(26)22-7-6-12-4-5-15(24)16(25)9-12/h1-5,8-10,24-25H,6-7,11H2,(H,22,26). The minimum absolute atomic E-state index is 0.210. The molecule has 1 aliphatic heterocycles. The molecule has 1 saturated heterocycles. The van der Waals surface area contributed by atoms with Crippen LogP contribution in [0, 0.1) is 5.82 Å². The first kappa shape index (κ1) is 20.8. The molecule has 1 heterocycles. The third-order valence-corrected chi connectivity index (χ3v) is 5.48. The molecule has 2 aromatic carbocycles. The van der Waals surface area contributed by atoms with Crippen LogP contribution in [-0.2, 0) is 16.0 Å². The van der Waals surface area contributed by atoms with Crippen LogP contribution in [0.3, 0.4) is 0 Å². The normalized spacial score (nSPS) is 15.2. The van der Waals surface area contributed by atoms with Gasteiger partial charge < -0.3 is 15.5 Å². The van der Waals surface area contributed by atoms with Gasteiger partial charge in [0.15, 0.2) is 11.5 Å². The molecule has 0 aliphatic carbocycles. The molecule has 0 atom stereocenters. The highest BCUT2D eigenvalue weighted by atomic mass is 32.2. The highest BCUT2D eigenvalue weighted by molar-refractivity contribution is 8.26. The number of rotatable bonds is 6. The lowest BCUT2D eigenvalue weighted by molar-refractivity contribution is -0.128. The Morgan fingerprint density at radius 2 is 2.00 bits per heavy atom. The summed E-state index contributed by atoms with van der Waals surface area (Å²) >= 11 is 6.26. The maximum atomic E-state index is 13.3. The van der Waals surface area contributed by atoms with E-state index in [9.17, 15) is 24.2 Å². The minimum Gasteiger partial charge on any atom is -0.504 e. The van der Waals surface area contributed by atoms with Crippen LogP contribution in [0.15, 0.2) is 47.4 Å². The topological polar surface area (TPSA) is 89.9 Å². The quantitative estimate of drug-likeness (QED) is 0.370. The summed E-state index contributed by atoms with van der Waals surface area (Å²) in [4.78, 5) is 26.2. The van der Waals surface area contributed by atoms with Gasteiger partial charge in [0.25, 0.3) is 5.91 Å². The SMILES string of the molecule is O=C(CN1C(=O)C(=Cc2cccc(F)c2)SC1=S)NCCc1ccc(O)c(O)c1. The first-order valence-electron chi connectivity index (χ1n) is 8.62. The monoisotopic (exact) mass is 432 g/mol. The van der Waals surface area contributed by atoms with Gasteiger partial charge in [0.1, 0.15) is 16.7 Å². The second kappa shape index (κ2) is 9.06. The molecule has 150 valence electrons. The highest BCUT2D eigenvalue weighted by Crippen LogP contribution is 2.32. The molecule has 29 heavy (non-hydrogen) atoms. The Morgan fingerprint density at radius 3 is 2.72 bits per heavy atom. The Kier molecular flexibility index (Phi) is 6.50. The largest absolute Gasteiger partial charge is 0.504 e. The number of carbonyl (C=O) groups is 2. The van der Waals surface area contributed by atoms with Crippen molar-refractivity contribution in [3.05, 3.63) is 64.3 Å². The van der Waals surface area contributed by atoms with Crippen molar-refractivity contribution in [2.24, 2.45) is 0 Å². The predicted molar refractivity (Wildman–Crippen MR) is 113 cm³/mol. The Morgan fingerprint density at radius 1 is 1.21 bits per heavy atom. The molecule has 0 unspecified atom stereocenters. The third-order valence-electron chi connectivity index (χ3n) is 4.10. The van der Waals surface area contributed by atoms with Gasteiger partial charge in [-0.05, 0) is 47.9 Å². The zero-order chi connectivity index (χ0) is 21.0. The fourth-order valence-corrected chi connectivity index (χ4v) is 3.91. The van der Waals surface area contributed by atoms with Crippen LogP contribution >= 0.6 is 24.0 Å². The molecule has 0 aromatic heterocycles. The summed E-state index contributed by atoms with van der Waals surface area (Å²) in [6.45, 7) is 0.0724. The zero-order valence-electron chi connectivity index (χ0n) is 15.1. The summed E-state index contributed by atoms with van der Waals surface area (Å²) < 4.78 is 13.6. The van der Waals surface area contributed by atoms with E-state index >= 15 is 0 Å². The molecule has 3 N–H and O–H groups in total. The van der Waals surface area contributed by atoms with Gasteiger partial charge in [-0.15, -0.1) is 0 Å². The van der Waals surface area contributed by atoms with E-state index in [-0.39, 0.29) is 34.8 Å². The van der Waals surface area contributed by atoms with Crippen molar-refractivity contribution in [1.82, 2.24) is 10.2 Å². The van der Waals surface area contributed by atoms with E-state index in [1.54, 1.807) is 18.2 Å². The average molecular weight is 432 g/mol. The molecule has 6 nitrogen and oxygen atoms in total. The summed E-state index contributed by atoms with van der Waals surface area (Å²) in [5.41, 5.74) is 1.27. The Bertz CT molecular complexity index is 1010. The molecule has 1 aliphatic rings. The van der Waals surface area contributed by atoms with Gasteiger partial charge in [-0.1, -0.05) is 42.2 Å². The van der Waals surface area contributed by atoms with Crippen molar-refractivity contribution in [2.45, 2.75) is 6.42 Å². The fraction of sp³-hybridized carbons (Fsp3) is 0.150. The molecule has 9 heteroatoms. The van der Waals surface area contributed by atoms with E-state index in [0.29, 0.717) is 16.9 Å². The van der Waals surface area contributed by atoms with Gasteiger partial charge in [-0.3, -0.25) is 14.5 Å².